The van der Waals surface area contributed by atoms with Crippen LogP contribution >= 0.6 is 0 Å². The molecule has 4 saturated heterocycles. The molecule has 3 radical (unpaired) electrons. The third-order valence-corrected chi connectivity index (χ3v) is 19.6. The molecule has 5 heterocycles. The number of cyclic esters (lactones) is 1. The van der Waals surface area contributed by atoms with E-state index in [0.29, 0.717) is 44.7 Å². The molecule has 5 aliphatic heterocycles. The molecule has 5 aliphatic rings. The summed E-state index contributed by atoms with van der Waals surface area (Å²) in [6.45, 7) is 28.9. The largest absolute Gasteiger partial charge is 1.00 e. The van der Waals surface area contributed by atoms with Crippen molar-refractivity contribution in [2.45, 2.75) is 189 Å². The molecular formula is C91H103BNaO25. The number of esters is 7. The van der Waals surface area contributed by atoms with Gasteiger partial charge in [0.15, 0.2) is 41.5 Å². The molecule has 8 atom stereocenters. The van der Waals surface area contributed by atoms with Crippen molar-refractivity contribution in [2.24, 2.45) is 0 Å². The number of hydrogen-bond donors (Lipinski definition) is 2. The van der Waals surface area contributed by atoms with Crippen LogP contribution in [0.2, 0.25) is 0 Å². The number of aliphatic hydroxyl groups excluding tert-OH is 1. The van der Waals surface area contributed by atoms with E-state index >= 15 is 0 Å². The fourth-order valence-electron chi connectivity index (χ4n) is 14.9. The van der Waals surface area contributed by atoms with Crippen LogP contribution in [0.15, 0.2) is 146 Å². The van der Waals surface area contributed by atoms with Gasteiger partial charge in [-0.25, -0.2) is 33.6 Å². The molecule has 0 aromatic heterocycles. The van der Waals surface area contributed by atoms with E-state index in [1.807, 2.05) is 171 Å². The van der Waals surface area contributed by atoms with Crippen molar-refractivity contribution < 1.29 is 151 Å². The average molecular weight is 1630 g/mol. The van der Waals surface area contributed by atoms with E-state index in [0.717, 1.165) is 77.9 Å². The van der Waals surface area contributed by atoms with E-state index in [2.05, 4.69) is 0 Å². The molecule has 25 nitrogen and oxygen atoms in total. The number of carbonyl (C=O) groups excluding carboxylic acids is 7. The van der Waals surface area contributed by atoms with Gasteiger partial charge in [-0.3, -0.25) is 0 Å². The van der Waals surface area contributed by atoms with Crippen molar-refractivity contribution in [3.63, 3.8) is 0 Å². The molecule has 0 unspecified atom stereocenters. The molecule has 0 saturated carbocycles. The van der Waals surface area contributed by atoms with Gasteiger partial charge in [0.2, 0.25) is 5.79 Å². The maximum Gasteiger partial charge on any atom is 1.00 e. The zero-order valence-corrected chi connectivity index (χ0v) is 73.0. The number of phenolic OH excluding ortho intramolecular Hbond substituents is 1. The van der Waals surface area contributed by atoms with Crippen LogP contribution in [0.1, 0.15) is 192 Å². The molecule has 0 amide bonds. The molecule has 8 aromatic rings. The minimum atomic E-state index is -1.04. The topological polar surface area (TPSA) is 308 Å². The predicted molar refractivity (Wildman–Crippen MR) is 433 cm³/mol. The van der Waals surface area contributed by atoms with Crippen molar-refractivity contribution in [3.8, 4) is 56.0 Å². The van der Waals surface area contributed by atoms with Gasteiger partial charge in [-0.2, -0.15) is 0 Å². The van der Waals surface area contributed by atoms with Crippen LogP contribution in [0.3, 0.4) is 0 Å². The number of hydrogen-bond acceptors (Lipinski definition) is 25. The number of benzene rings is 8. The van der Waals surface area contributed by atoms with Crippen LogP contribution in [0.4, 0.5) is 0 Å². The molecule has 4 fully saturated rings. The monoisotopic (exact) mass is 1630 g/mol. The molecule has 8 aromatic carbocycles. The van der Waals surface area contributed by atoms with E-state index in [4.69, 9.17) is 75.8 Å². The van der Waals surface area contributed by atoms with Gasteiger partial charge in [0, 0.05) is 33.4 Å². The normalized spacial score (nSPS) is 21.0. The molecular weight excluding hydrogens is 1530 g/mol. The number of phenols is 1. The Morgan fingerprint density at radius 2 is 0.678 bits per heavy atom. The maximum absolute atomic E-state index is 12.8. The first-order chi connectivity index (χ1) is 54.6. The quantitative estimate of drug-likeness (QED) is 0.0547. The van der Waals surface area contributed by atoms with Crippen LogP contribution < -0.4 is 34.3 Å². The number of fused-ring (bicyclic) bond motifs is 1. The second kappa shape index (κ2) is 38.2. The van der Waals surface area contributed by atoms with Crippen molar-refractivity contribution in [1.82, 2.24) is 0 Å². The first-order valence-corrected chi connectivity index (χ1v) is 37.6. The summed E-state index contributed by atoms with van der Waals surface area (Å²) < 4.78 is 87.8. The van der Waals surface area contributed by atoms with E-state index < -0.39 is 107 Å². The second-order valence-electron chi connectivity index (χ2n) is 31.0. The van der Waals surface area contributed by atoms with E-state index in [-0.39, 0.29) is 69.4 Å². The molecule has 0 bridgehead atoms. The van der Waals surface area contributed by atoms with Crippen LogP contribution in [0.5, 0.6) is 11.5 Å². The number of aliphatic hydroxyl groups is 1. The number of methoxy groups -OCH3 is 6. The van der Waals surface area contributed by atoms with Gasteiger partial charge in [-0.1, -0.05) is 120 Å². The number of aryl methyl sites for hydroxylation is 6. The summed E-state index contributed by atoms with van der Waals surface area (Å²) in [7, 11) is 7.95. The zero-order valence-electron chi connectivity index (χ0n) is 72.0. The molecule has 13 rings (SSSR count). The summed E-state index contributed by atoms with van der Waals surface area (Å²) in [4.78, 5) is 86.5. The maximum atomic E-state index is 12.8. The Morgan fingerprint density at radius 1 is 0.373 bits per heavy atom. The van der Waals surface area contributed by atoms with E-state index in [9.17, 15) is 43.8 Å². The summed E-state index contributed by atoms with van der Waals surface area (Å²) in [6, 6.07) is 44.9. The summed E-state index contributed by atoms with van der Waals surface area (Å²) in [6.07, 6.45) is -5.45. The van der Waals surface area contributed by atoms with Gasteiger partial charge in [-0.15, -0.1) is 0 Å². The first-order valence-electron chi connectivity index (χ1n) is 37.6. The fraction of sp³-hybridized carbons (Fsp3) is 0.396. The Morgan fingerprint density at radius 3 is 1.03 bits per heavy atom. The molecule has 0 spiro atoms. The van der Waals surface area contributed by atoms with Crippen molar-refractivity contribution >= 4 is 50.2 Å². The predicted octanol–water partition coefficient (Wildman–Crippen LogP) is 12.6. The summed E-state index contributed by atoms with van der Waals surface area (Å²) in [5.74, 6) is -7.66. The average Bonchev–Trinajstić information content (AvgIpc) is 0.952. The van der Waals surface area contributed by atoms with E-state index in [1.54, 1.807) is 79.7 Å². The Labute approximate surface area is 713 Å². The Bertz CT molecular complexity index is 4920. The minimum Gasteiger partial charge on any atom is -1.00 e. The number of ether oxygens (including phenoxy) is 16. The van der Waals surface area contributed by atoms with Crippen LogP contribution in [0.25, 0.3) is 44.5 Å². The molecule has 0 aliphatic carbocycles. The third kappa shape index (κ3) is 21.5. The van der Waals surface area contributed by atoms with Crippen LogP contribution in [-0.4, -0.2) is 163 Å². The molecule has 118 heavy (non-hydrogen) atoms. The van der Waals surface area contributed by atoms with Gasteiger partial charge in [0.1, 0.15) is 53.1 Å². The van der Waals surface area contributed by atoms with Gasteiger partial charge < -0.3 is 87.4 Å². The fourth-order valence-corrected chi connectivity index (χ4v) is 14.9. The van der Waals surface area contributed by atoms with Crippen molar-refractivity contribution in [3.05, 3.63) is 223 Å². The second-order valence-corrected chi connectivity index (χ2v) is 31.0. The van der Waals surface area contributed by atoms with Gasteiger partial charge in [0.05, 0.1) is 60.4 Å². The Balaban J connectivity index is 0.000000217. The standard InChI is InChI=1S/C24H26O7.C23H26O6.C22H24O7.C22H26O5.B.Na.H/c1-13-10-16(18-17(11-13)28-23(2,3)31-21(18)25)14-8-7-9-15(12-14)19-20(22(26)27-6)30-24(4,5)29-19;1-13-10-14(2)18(21(24)26-5)17(11-13)15-8-7-9-16(12-15)19-20(22(25)27-6)29-23(3,4)28-19;1-12-9-15(17(16(23)10-12)20(24)26-4)13-7-6-8-14(11-13)18-19(21(25)27-5)29-22(2,3)28-18;1-13-9-14(2)19(21(24)25-5)17(10-13)15-7-6-8-16(11-15)20-18(12-23)26-22(3,4)27-20;;;/h7-12,19-20H,1-6H3;7-12,19-20H,1-6H3;6-11,18-19,23H,1-5H3;6-11,18,20,23H,12H2,1-5H3;;;/q;;;;;+1;-1/t2*19-,20+;18-,19+;18-,20-;;;/m1111.../s1. The van der Waals surface area contributed by atoms with Crippen LogP contribution in [-0.2, 0) is 85.4 Å². The number of rotatable bonds is 15. The van der Waals surface area contributed by atoms with Crippen molar-refractivity contribution in [2.75, 3.05) is 49.3 Å². The smallest absolute Gasteiger partial charge is 1.00 e. The molecule has 27 heteroatoms. The summed E-state index contributed by atoms with van der Waals surface area (Å²) in [5.41, 5.74) is 16.1. The summed E-state index contributed by atoms with van der Waals surface area (Å²) in [5, 5.41) is 20.0. The Hall–Kier alpha value is -9.65. The van der Waals surface area contributed by atoms with Gasteiger partial charge in [0.25, 0.3) is 0 Å². The molecule has 621 valence electrons. The first kappa shape index (κ1) is 93.8. The molecule has 2 N–H and O–H groups in total. The zero-order chi connectivity index (χ0) is 85.0. The van der Waals surface area contributed by atoms with Crippen molar-refractivity contribution in [1.29, 1.82) is 0 Å². The summed E-state index contributed by atoms with van der Waals surface area (Å²) >= 11 is 0. The third-order valence-electron chi connectivity index (χ3n) is 19.6. The number of aromatic hydroxyl groups is 1. The Kier molecular flexibility index (Phi) is 30.4. The van der Waals surface area contributed by atoms with Gasteiger partial charge in [-0.05, 0) is 211 Å². The SMILES string of the molecule is COC(=O)[C@H]1OC(C)(C)O[C@@H]1c1cccc(-c2cc(C)cc3c2C(=O)OC(C)(C)O3)c1.COC(=O)c1c(C)cc(C)cc1-c1cccc([C@H]2OC(C)(C)O[C@@H]2C(=O)OC)c1.COC(=O)c1c(C)cc(C)cc1-c1cccc([C@H]2OC(C)(C)O[C@@H]2CO)c1.COC(=O)c1c(O)cc(C)cc1-c1cccc([C@H]2OC(C)(C)O[C@@H]2C(=O)OC)c1.[B].[H-].[Na+]. The minimum absolute atomic E-state index is 0. The number of carbonyl (C=O) groups is 7. The van der Waals surface area contributed by atoms with Gasteiger partial charge >= 0.3 is 71.3 Å². The van der Waals surface area contributed by atoms with E-state index in [1.165, 1.54) is 48.7 Å². The van der Waals surface area contributed by atoms with Crippen LogP contribution in [0, 0.1) is 41.5 Å².